The van der Waals surface area contributed by atoms with Gasteiger partial charge in [0.2, 0.25) is 5.91 Å². The second kappa shape index (κ2) is 9.81. The molecule has 2 heterocycles. The number of carbonyl (C=O) groups excluding carboxylic acids is 1. The summed E-state index contributed by atoms with van der Waals surface area (Å²) in [5.74, 6) is 2.97. The van der Waals surface area contributed by atoms with E-state index in [9.17, 15) is 4.79 Å². The third-order valence-corrected chi connectivity index (χ3v) is 5.96. The number of ether oxygens (including phenoxy) is 3. The smallest absolute Gasteiger partial charge is 0.246 e. The van der Waals surface area contributed by atoms with Gasteiger partial charge in [-0.2, -0.15) is 0 Å². The van der Waals surface area contributed by atoms with Gasteiger partial charge in [-0.3, -0.25) is 4.79 Å². The molecule has 1 aliphatic rings. The van der Waals surface area contributed by atoms with Crippen LogP contribution >= 0.6 is 0 Å². The first-order valence-electron chi connectivity index (χ1n) is 10.9. The molecule has 0 unspecified atom stereocenters. The van der Waals surface area contributed by atoms with Crippen LogP contribution in [0.15, 0.2) is 48.5 Å². The van der Waals surface area contributed by atoms with Crippen molar-refractivity contribution in [2.45, 2.75) is 6.92 Å². The van der Waals surface area contributed by atoms with E-state index in [0.29, 0.717) is 24.6 Å². The highest BCUT2D eigenvalue weighted by Gasteiger charge is 2.21. The molecule has 3 aromatic rings. The Morgan fingerprint density at radius 3 is 2.33 bits per heavy atom. The van der Waals surface area contributed by atoms with Crippen molar-refractivity contribution in [3.63, 3.8) is 0 Å². The third-order valence-electron chi connectivity index (χ3n) is 5.96. The number of methoxy groups -OCH3 is 3. The number of para-hydroxylation sites is 1. The van der Waals surface area contributed by atoms with E-state index in [1.165, 1.54) is 0 Å². The molecule has 1 saturated heterocycles. The van der Waals surface area contributed by atoms with Crippen LogP contribution in [-0.4, -0.2) is 63.3 Å². The van der Waals surface area contributed by atoms with Crippen LogP contribution in [0.25, 0.3) is 17.0 Å². The minimum absolute atomic E-state index is 0.00578. The Hall–Kier alpha value is -3.74. The van der Waals surface area contributed by atoms with Crippen molar-refractivity contribution in [2.75, 3.05) is 52.4 Å². The Morgan fingerprint density at radius 1 is 0.909 bits per heavy atom. The average molecular weight is 448 g/mol. The predicted molar refractivity (Wildman–Crippen MR) is 130 cm³/mol. The molecule has 0 atom stereocenters. The fourth-order valence-electron chi connectivity index (χ4n) is 4.09. The number of carbonyl (C=O) groups is 1. The van der Waals surface area contributed by atoms with Gasteiger partial charge in [-0.05, 0) is 48.4 Å². The Labute approximate surface area is 194 Å². The van der Waals surface area contributed by atoms with Crippen LogP contribution in [0.2, 0.25) is 0 Å². The molecule has 172 valence electrons. The monoisotopic (exact) mass is 447 g/mol. The van der Waals surface area contributed by atoms with E-state index in [2.05, 4.69) is 24.0 Å². The summed E-state index contributed by atoms with van der Waals surface area (Å²) in [5.41, 5.74) is 2.90. The third kappa shape index (κ3) is 4.72. The molecule has 1 aromatic heterocycles. The molecule has 1 amide bonds. The summed E-state index contributed by atoms with van der Waals surface area (Å²) in [6.45, 7) is 4.82. The Kier molecular flexibility index (Phi) is 6.68. The topological polar surface area (TPSA) is 64.1 Å². The first-order chi connectivity index (χ1) is 16.0. The van der Waals surface area contributed by atoms with Crippen molar-refractivity contribution in [2.24, 2.45) is 0 Å². The summed E-state index contributed by atoms with van der Waals surface area (Å²) in [6.07, 6.45) is 3.41. The number of fused-ring (bicyclic) bond motifs is 1. The second-order valence-electron chi connectivity index (χ2n) is 7.91. The summed E-state index contributed by atoms with van der Waals surface area (Å²) >= 11 is 0. The highest BCUT2D eigenvalue weighted by Crippen LogP contribution is 2.30. The molecule has 0 radical (unpaired) electrons. The van der Waals surface area contributed by atoms with Crippen molar-refractivity contribution >= 4 is 28.7 Å². The van der Waals surface area contributed by atoms with Gasteiger partial charge >= 0.3 is 0 Å². The first-order valence-corrected chi connectivity index (χ1v) is 10.9. The normalized spacial score (nSPS) is 14.1. The molecule has 0 N–H and O–H groups in total. The van der Waals surface area contributed by atoms with Crippen molar-refractivity contribution < 1.29 is 19.0 Å². The van der Waals surface area contributed by atoms with Crippen molar-refractivity contribution in [3.8, 4) is 17.2 Å². The standard InChI is InChI=1S/C26H29N3O4/c1-18-16-24(27-26-20(18)6-5-7-22(26)32-3)28-12-14-29(15-13-28)25(30)11-9-19-8-10-21(31-2)23(17-19)33-4/h5-11,16-17H,12-15H2,1-4H3/b11-9+. The van der Waals surface area contributed by atoms with Gasteiger partial charge in [0.15, 0.2) is 11.5 Å². The maximum absolute atomic E-state index is 12.7. The molecule has 0 aliphatic carbocycles. The van der Waals surface area contributed by atoms with E-state index in [1.54, 1.807) is 33.5 Å². The quantitative estimate of drug-likeness (QED) is 0.534. The van der Waals surface area contributed by atoms with Gasteiger partial charge in [0.1, 0.15) is 17.1 Å². The zero-order chi connectivity index (χ0) is 23.4. The lowest BCUT2D eigenvalue weighted by Gasteiger charge is -2.35. The van der Waals surface area contributed by atoms with E-state index in [0.717, 1.165) is 46.7 Å². The number of pyridine rings is 1. The molecule has 2 aromatic carbocycles. The molecule has 0 saturated carbocycles. The average Bonchev–Trinajstić information content (AvgIpc) is 2.86. The first kappa shape index (κ1) is 22.5. The highest BCUT2D eigenvalue weighted by molar-refractivity contribution is 5.92. The summed E-state index contributed by atoms with van der Waals surface area (Å²) in [6, 6.07) is 13.7. The maximum Gasteiger partial charge on any atom is 0.246 e. The van der Waals surface area contributed by atoms with Gasteiger partial charge in [-0.1, -0.05) is 18.2 Å². The van der Waals surface area contributed by atoms with Gasteiger partial charge in [0.05, 0.1) is 21.3 Å². The van der Waals surface area contributed by atoms with Crippen molar-refractivity contribution in [1.29, 1.82) is 0 Å². The number of anilines is 1. The van der Waals surface area contributed by atoms with Gasteiger partial charge in [0, 0.05) is 37.6 Å². The van der Waals surface area contributed by atoms with Crippen LogP contribution < -0.4 is 19.1 Å². The zero-order valence-corrected chi connectivity index (χ0v) is 19.5. The lowest BCUT2D eigenvalue weighted by molar-refractivity contribution is -0.126. The van der Waals surface area contributed by atoms with Crippen LogP contribution in [0, 0.1) is 6.92 Å². The predicted octanol–water partition coefficient (Wildman–Crippen LogP) is 3.93. The Bertz CT molecular complexity index is 1180. The van der Waals surface area contributed by atoms with Crippen molar-refractivity contribution in [3.05, 3.63) is 59.7 Å². The number of amides is 1. The van der Waals surface area contributed by atoms with Gasteiger partial charge < -0.3 is 24.0 Å². The highest BCUT2D eigenvalue weighted by atomic mass is 16.5. The molecule has 7 nitrogen and oxygen atoms in total. The summed E-state index contributed by atoms with van der Waals surface area (Å²) in [7, 11) is 4.86. The fourth-order valence-corrected chi connectivity index (χ4v) is 4.09. The molecule has 4 rings (SSSR count). The molecule has 0 bridgehead atoms. The van der Waals surface area contributed by atoms with Crippen molar-refractivity contribution in [1.82, 2.24) is 9.88 Å². The fraction of sp³-hybridized carbons (Fsp3) is 0.308. The lowest BCUT2D eigenvalue weighted by Crippen LogP contribution is -2.48. The zero-order valence-electron chi connectivity index (χ0n) is 19.5. The maximum atomic E-state index is 12.7. The van der Waals surface area contributed by atoms with E-state index < -0.39 is 0 Å². The lowest BCUT2D eigenvalue weighted by atomic mass is 10.1. The number of aromatic nitrogens is 1. The Morgan fingerprint density at radius 2 is 1.64 bits per heavy atom. The van der Waals surface area contributed by atoms with Gasteiger partial charge in [0.25, 0.3) is 0 Å². The molecule has 1 aliphatic heterocycles. The van der Waals surface area contributed by atoms with Gasteiger partial charge in [-0.15, -0.1) is 0 Å². The minimum Gasteiger partial charge on any atom is -0.494 e. The van der Waals surface area contributed by atoms with E-state index >= 15 is 0 Å². The SMILES string of the molecule is COc1ccc(/C=C/C(=O)N2CCN(c3cc(C)c4cccc(OC)c4n3)CC2)cc1OC. The second-order valence-corrected chi connectivity index (χ2v) is 7.91. The molecular formula is C26H29N3O4. The molecular weight excluding hydrogens is 418 g/mol. The van der Waals surface area contributed by atoms with Crippen LogP contribution in [0.5, 0.6) is 17.2 Å². The number of hydrogen-bond donors (Lipinski definition) is 0. The summed E-state index contributed by atoms with van der Waals surface area (Å²) < 4.78 is 16.1. The number of hydrogen-bond acceptors (Lipinski definition) is 6. The van der Waals surface area contributed by atoms with E-state index in [-0.39, 0.29) is 5.91 Å². The van der Waals surface area contributed by atoms with E-state index in [1.807, 2.05) is 35.2 Å². The molecule has 1 fully saturated rings. The number of rotatable bonds is 6. The number of aryl methyl sites for hydroxylation is 1. The largest absolute Gasteiger partial charge is 0.494 e. The number of nitrogens with zero attached hydrogens (tertiary/aromatic N) is 3. The number of benzene rings is 2. The number of piperazine rings is 1. The Balaban J connectivity index is 1.43. The molecule has 0 spiro atoms. The van der Waals surface area contributed by atoms with Crippen LogP contribution in [0.1, 0.15) is 11.1 Å². The molecule has 7 heteroatoms. The van der Waals surface area contributed by atoms with Crippen LogP contribution in [-0.2, 0) is 4.79 Å². The van der Waals surface area contributed by atoms with Gasteiger partial charge in [-0.25, -0.2) is 4.98 Å². The summed E-state index contributed by atoms with van der Waals surface area (Å²) in [5, 5.41) is 1.09. The van der Waals surface area contributed by atoms with Crippen LogP contribution in [0.3, 0.4) is 0 Å². The summed E-state index contributed by atoms with van der Waals surface area (Å²) in [4.78, 5) is 21.7. The molecule has 33 heavy (non-hydrogen) atoms. The van der Waals surface area contributed by atoms with E-state index in [4.69, 9.17) is 19.2 Å². The minimum atomic E-state index is -0.00578. The van der Waals surface area contributed by atoms with Crippen LogP contribution in [0.4, 0.5) is 5.82 Å².